The summed E-state index contributed by atoms with van der Waals surface area (Å²) in [6, 6.07) is 8.98. The standard InChI is InChI=1S/C16H18F2N4O2/c1-22(2)14-11(5-4-8-19-14)10-20-16(23)21-12-6-3-7-13(9-12)24-15(17)18/h3-9,15H,10H2,1-2H3,(H2,20,21,23). The zero-order valence-electron chi connectivity index (χ0n) is 13.3. The lowest BCUT2D eigenvalue weighted by Gasteiger charge is -2.16. The quantitative estimate of drug-likeness (QED) is 0.851. The lowest BCUT2D eigenvalue weighted by Crippen LogP contribution is -2.29. The van der Waals surface area contributed by atoms with E-state index in [9.17, 15) is 13.6 Å². The second-order valence-corrected chi connectivity index (χ2v) is 5.09. The van der Waals surface area contributed by atoms with Crippen LogP contribution in [0, 0.1) is 0 Å². The first-order valence-corrected chi connectivity index (χ1v) is 7.16. The molecule has 0 fully saturated rings. The first-order valence-electron chi connectivity index (χ1n) is 7.16. The van der Waals surface area contributed by atoms with Crippen LogP contribution in [-0.4, -0.2) is 31.7 Å². The Morgan fingerprint density at radius 1 is 1.29 bits per heavy atom. The number of hydrogen-bond donors (Lipinski definition) is 2. The molecule has 0 bridgehead atoms. The number of anilines is 2. The molecule has 2 rings (SSSR count). The van der Waals surface area contributed by atoms with E-state index in [0.29, 0.717) is 5.69 Å². The number of hydrogen-bond acceptors (Lipinski definition) is 4. The number of nitrogens with zero attached hydrogens (tertiary/aromatic N) is 2. The molecule has 2 aromatic rings. The number of ether oxygens (including phenoxy) is 1. The van der Waals surface area contributed by atoms with Crippen molar-refractivity contribution in [3.63, 3.8) is 0 Å². The van der Waals surface area contributed by atoms with Gasteiger partial charge in [0.2, 0.25) is 0 Å². The Labute approximate surface area is 138 Å². The normalized spacial score (nSPS) is 10.4. The maximum atomic E-state index is 12.2. The Balaban J connectivity index is 1.94. The highest BCUT2D eigenvalue weighted by molar-refractivity contribution is 5.89. The molecule has 8 heteroatoms. The van der Waals surface area contributed by atoms with E-state index in [1.807, 2.05) is 25.1 Å². The zero-order chi connectivity index (χ0) is 17.5. The molecule has 0 saturated heterocycles. The van der Waals surface area contributed by atoms with Gasteiger partial charge in [-0.25, -0.2) is 9.78 Å². The predicted molar refractivity (Wildman–Crippen MR) is 87.5 cm³/mol. The van der Waals surface area contributed by atoms with Crippen LogP contribution < -0.4 is 20.3 Å². The van der Waals surface area contributed by atoms with Crippen LogP contribution in [0.1, 0.15) is 5.56 Å². The van der Waals surface area contributed by atoms with E-state index in [1.54, 1.807) is 18.3 Å². The Bertz CT molecular complexity index is 695. The maximum absolute atomic E-state index is 12.2. The summed E-state index contributed by atoms with van der Waals surface area (Å²) in [4.78, 5) is 18.0. The SMILES string of the molecule is CN(C)c1ncccc1CNC(=O)Nc1cccc(OC(F)F)c1. The van der Waals surface area contributed by atoms with Gasteiger partial charge in [-0.2, -0.15) is 8.78 Å². The summed E-state index contributed by atoms with van der Waals surface area (Å²) >= 11 is 0. The molecule has 0 aliphatic carbocycles. The van der Waals surface area contributed by atoms with Crippen molar-refractivity contribution in [2.45, 2.75) is 13.2 Å². The van der Waals surface area contributed by atoms with Crippen LogP contribution in [0.4, 0.5) is 25.1 Å². The zero-order valence-corrected chi connectivity index (χ0v) is 13.3. The first kappa shape index (κ1) is 17.5. The number of pyridine rings is 1. The fourth-order valence-corrected chi connectivity index (χ4v) is 2.07. The lowest BCUT2D eigenvalue weighted by atomic mass is 10.2. The molecule has 0 spiro atoms. The van der Waals surface area contributed by atoms with Crippen molar-refractivity contribution in [2.24, 2.45) is 0 Å². The summed E-state index contributed by atoms with van der Waals surface area (Å²) in [5.41, 5.74) is 1.21. The Morgan fingerprint density at radius 2 is 2.08 bits per heavy atom. The average molecular weight is 336 g/mol. The second kappa shape index (κ2) is 8.09. The molecule has 128 valence electrons. The van der Waals surface area contributed by atoms with Crippen LogP contribution in [0.5, 0.6) is 5.75 Å². The van der Waals surface area contributed by atoms with Gasteiger partial charge in [0.05, 0.1) is 0 Å². The molecule has 0 atom stereocenters. The minimum absolute atomic E-state index is 0.0232. The molecule has 0 unspecified atom stereocenters. The van der Waals surface area contributed by atoms with Crippen molar-refractivity contribution in [1.82, 2.24) is 10.3 Å². The number of rotatable bonds is 6. The third-order valence-electron chi connectivity index (χ3n) is 3.05. The van der Waals surface area contributed by atoms with Gasteiger partial charge in [-0.05, 0) is 18.2 Å². The molecule has 0 radical (unpaired) electrons. The number of alkyl halides is 2. The Kier molecular flexibility index (Phi) is 5.89. The van der Waals surface area contributed by atoms with Gasteiger partial charge in [0, 0.05) is 44.2 Å². The van der Waals surface area contributed by atoms with Gasteiger partial charge >= 0.3 is 12.6 Å². The molecular weight excluding hydrogens is 318 g/mol. The summed E-state index contributed by atoms with van der Waals surface area (Å²) in [5, 5.41) is 5.26. The summed E-state index contributed by atoms with van der Waals surface area (Å²) in [7, 11) is 3.72. The van der Waals surface area contributed by atoms with E-state index in [1.165, 1.54) is 18.2 Å². The highest BCUT2D eigenvalue weighted by Crippen LogP contribution is 2.19. The number of aromatic nitrogens is 1. The number of urea groups is 1. The number of halogens is 2. The van der Waals surface area contributed by atoms with Crippen LogP contribution >= 0.6 is 0 Å². The van der Waals surface area contributed by atoms with E-state index in [0.717, 1.165) is 11.4 Å². The van der Waals surface area contributed by atoms with Crippen LogP contribution in [0.15, 0.2) is 42.6 Å². The largest absolute Gasteiger partial charge is 0.435 e. The first-order chi connectivity index (χ1) is 11.5. The number of carbonyl (C=O) groups excluding carboxylic acids is 1. The molecular formula is C16H18F2N4O2. The monoisotopic (exact) mass is 336 g/mol. The van der Waals surface area contributed by atoms with Crippen molar-refractivity contribution < 1.29 is 18.3 Å². The van der Waals surface area contributed by atoms with E-state index in [-0.39, 0.29) is 12.3 Å². The number of nitrogens with one attached hydrogen (secondary N) is 2. The van der Waals surface area contributed by atoms with Crippen LogP contribution in [0.25, 0.3) is 0 Å². The van der Waals surface area contributed by atoms with Gasteiger partial charge < -0.3 is 20.3 Å². The molecule has 1 aromatic carbocycles. The van der Waals surface area contributed by atoms with Gasteiger partial charge in [0.15, 0.2) is 0 Å². The predicted octanol–water partition coefficient (Wildman–Crippen LogP) is 3.07. The molecule has 2 amide bonds. The lowest BCUT2D eigenvalue weighted by molar-refractivity contribution is -0.0497. The molecule has 1 aromatic heterocycles. The van der Waals surface area contributed by atoms with E-state index < -0.39 is 12.6 Å². The summed E-state index contributed by atoms with van der Waals surface area (Å²) in [5.74, 6) is 0.732. The van der Waals surface area contributed by atoms with E-state index in [4.69, 9.17) is 0 Å². The topological polar surface area (TPSA) is 66.5 Å². The van der Waals surface area contributed by atoms with Gasteiger partial charge in [-0.1, -0.05) is 12.1 Å². The fourth-order valence-electron chi connectivity index (χ4n) is 2.07. The van der Waals surface area contributed by atoms with Gasteiger partial charge in [0.25, 0.3) is 0 Å². The molecule has 1 heterocycles. The minimum Gasteiger partial charge on any atom is -0.435 e. The van der Waals surface area contributed by atoms with Crippen molar-refractivity contribution in [1.29, 1.82) is 0 Å². The second-order valence-electron chi connectivity index (χ2n) is 5.09. The molecule has 6 nitrogen and oxygen atoms in total. The van der Waals surface area contributed by atoms with Crippen molar-refractivity contribution >= 4 is 17.5 Å². The highest BCUT2D eigenvalue weighted by Gasteiger charge is 2.09. The molecule has 0 aliphatic heterocycles. The van der Waals surface area contributed by atoms with Crippen molar-refractivity contribution in [2.75, 3.05) is 24.3 Å². The van der Waals surface area contributed by atoms with Gasteiger partial charge in [0.1, 0.15) is 11.6 Å². The van der Waals surface area contributed by atoms with E-state index >= 15 is 0 Å². The number of benzene rings is 1. The number of amides is 2. The third-order valence-corrected chi connectivity index (χ3v) is 3.05. The van der Waals surface area contributed by atoms with Crippen LogP contribution in [0.3, 0.4) is 0 Å². The summed E-state index contributed by atoms with van der Waals surface area (Å²) in [6.07, 6.45) is 1.67. The van der Waals surface area contributed by atoms with Gasteiger partial charge in [-0.15, -0.1) is 0 Å². The smallest absolute Gasteiger partial charge is 0.387 e. The molecule has 0 saturated carbocycles. The Hall–Kier alpha value is -2.90. The van der Waals surface area contributed by atoms with Crippen molar-refractivity contribution in [3.05, 3.63) is 48.2 Å². The highest BCUT2D eigenvalue weighted by atomic mass is 19.3. The number of carbonyl (C=O) groups is 1. The molecule has 0 aliphatic rings. The Morgan fingerprint density at radius 3 is 2.79 bits per heavy atom. The maximum Gasteiger partial charge on any atom is 0.387 e. The average Bonchev–Trinajstić information content (AvgIpc) is 2.53. The minimum atomic E-state index is -2.91. The van der Waals surface area contributed by atoms with Crippen LogP contribution in [0.2, 0.25) is 0 Å². The van der Waals surface area contributed by atoms with Crippen molar-refractivity contribution in [3.8, 4) is 5.75 Å². The molecule has 24 heavy (non-hydrogen) atoms. The fraction of sp³-hybridized carbons (Fsp3) is 0.250. The molecule has 2 N–H and O–H groups in total. The van der Waals surface area contributed by atoms with E-state index in [2.05, 4.69) is 20.4 Å². The van der Waals surface area contributed by atoms with Gasteiger partial charge in [-0.3, -0.25) is 0 Å². The third kappa shape index (κ3) is 5.08. The summed E-state index contributed by atoms with van der Waals surface area (Å²) in [6.45, 7) is -2.63. The summed E-state index contributed by atoms with van der Waals surface area (Å²) < 4.78 is 28.7. The van der Waals surface area contributed by atoms with Crippen LogP contribution in [-0.2, 0) is 6.54 Å².